The Morgan fingerprint density at radius 2 is 1.76 bits per heavy atom. The highest BCUT2D eigenvalue weighted by atomic mass is 16.1. The van der Waals surface area contributed by atoms with E-state index >= 15 is 0 Å². The molecular formula is C20H21N3O2. The molecule has 0 saturated carbocycles. The van der Waals surface area contributed by atoms with Crippen molar-refractivity contribution in [1.82, 2.24) is 4.98 Å². The number of aromatic amines is 1. The van der Waals surface area contributed by atoms with Crippen molar-refractivity contribution in [3.63, 3.8) is 0 Å². The molecule has 1 amide bonds. The molecular weight excluding hydrogens is 314 g/mol. The molecule has 3 aromatic rings. The van der Waals surface area contributed by atoms with Gasteiger partial charge in [0.15, 0.2) is 0 Å². The van der Waals surface area contributed by atoms with Gasteiger partial charge in [0.05, 0.1) is 0 Å². The van der Waals surface area contributed by atoms with Gasteiger partial charge in [-0.05, 0) is 59.8 Å². The van der Waals surface area contributed by atoms with E-state index in [1.165, 1.54) is 12.5 Å². The van der Waals surface area contributed by atoms with E-state index in [4.69, 9.17) is 0 Å². The molecule has 5 nitrogen and oxygen atoms in total. The number of carbonyl (C=O) groups is 1. The molecule has 0 saturated heterocycles. The number of amides is 1. The van der Waals surface area contributed by atoms with Gasteiger partial charge >= 0.3 is 0 Å². The van der Waals surface area contributed by atoms with Crippen LogP contribution in [0.2, 0.25) is 0 Å². The second kappa shape index (κ2) is 7.21. The van der Waals surface area contributed by atoms with Crippen LogP contribution in [-0.4, -0.2) is 10.9 Å². The number of pyridine rings is 1. The first-order valence-corrected chi connectivity index (χ1v) is 8.31. The molecule has 0 aliphatic heterocycles. The van der Waals surface area contributed by atoms with E-state index < -0.39 is 0 Å². The lowest BCUT2D eigenvalue weighted by atomic mass is 10.1. The summed E-state index contributed by atoms with van der Waals surface area (Å²) in [6.07, 6.45) is 0.962. The first-order chi connectivity index (χ1) is 12.0. The van der Waals surface area contributed by atoms with Crippen LogP contribution in [0, 0.1) is 0 Å². The van der Waals surface area contributed by atoms with Gasteiger partial charge in [-0.2, -0.15) is 0 Å². The number of carbonyl (C=O) groups excluding carboxylic acids is 1. The Labute approximate surface area is 146 Å². The second-order valence-corrected chi connectivity index (χ2v) is 6.01. The SMILES string of the molecule is CCc1ccc2[nH]c(=O)c(CNc3ccc(NC(C)=O)cc3)cc2c1. The van der Waals surface area contributed by atoms with Crippen molar-refractivity contribution in [3.8, 4) is 0 Å². The van der Waals surface area contributed by atoms with Crippen molar-refractivity contribution in [3.05, 3.63) is 70.0 Å². The van der Waals surface area contributed by atoms with Gasteiger partial charge < -0.3 is 15.6 Å². The lowest BCUT2D eigenvalue weighted by Gasteiger charge is -2.09. The maximum absolute atomic E-state index is 12.2. The molecule has 0 aliphatic rings. The lowest BCUT2D eigenvalue weighted by Crippen LogP contribution is -2.15. The molecule has 0 unspecified atom stereocenters. The summed E-state index contributed by atoms with van der Waals surface area (Å²) in [5, 5.41) is 7.01. The predicted molar refractivity (Wildman–Crippen MR) is 102 cm³/mol. The van der Waals surface area contributed by atoms with Crippen LogP contribution in [-0.2, 0) is 17.8 Å². The van der Waals surface area contributed by atoms with Crippen LogP contribution < -0.4 is 16.2 Å². The van der Waals surface area contributed by atoms with Crippen LogP contribution in [0.3, 0.4) is 0 Å². The minimum Gasteiger partial charge on any atom is -0.381 e. The minimum atomic E-state index is -0.102. The molecule has 0 aliphatic carbocycles. The summed E-state index contributed by atoms with van der Waals surface area (Å²) in [6, 6.07) is 15.4. The molecule has 3 N–H and O–H groups in total. The van der Waals surface area contributed by atoms with Gasteiger partial charge in [0.2, 0.25) is 5.91 Å². The van der Waals surface area contributed by atoms with Crippen LogP contribution in [0.15, 0.2) is 53.3 Å². The second-order valence-electron chi connectivity index (χ2n) is 6.01. The summed E-state index contributed by atoms with van der Waals surface area (Å²) in [5.41, 5.74) is 4.33. The van der Waals surface area contributed by atoms with Gasteiger partial charge in [-0.3, -0.25) is 9.59 Å². The first kappa shape index (κ1) is 16.8. The molecule has 0 bridgehead atoms. The highest BCUT2D eigenvalue weighted by molar-refractivity contribution is 5.88. The summed E-state index contributed by atoms with van der Waals surface area (Å²) < 4.78 is 0. The number of aromatic nitrogens is 1. The summed E-state index contributed by atoms with van der Waals surface area (Å²) in [4.78, 5) is 26.2. The van der Waals surface area contributed by atoms with Crippen LogP contribution in [0.1, 0.15) is 25.0 Å². The highest BCUT2D eigenvalue weighted by Gasteiger charge is 2.04. The molecule has 0 fully saturated rings. The molecule has 0 atom stereocenters. The number of benzene rings is 2. The summed E-state index contributed by atoms with van der Waals surface area (Å²) in [5.74, 6) is -0.102. The summed E-state index contributed by atoms with van der Waals surface area (Å²) in [6.45, 7) is 4.02. The Morgan fingerprint density at radius 3 is 2.44 bits per heavy atom. The van der Waals surface area contributed by atoms with Gasteiger partial charge in [-0.25, -0.2) is 0 Å². The number of hydrogen-bond acceptors (Lipinski definition) is 3. The fourth-order valence-electron chi connectivity index (χ4n) is 2.72. The Hall–Kier alpha value is -3.08. The number of fused-ring (bicyclic) bond motifs is 1. The van der Waals surface area contributed by atoms with E-state index in [-0.39, 0.29) is 11.5 Å². The zero-order valence-electron chi connectivity index (χ0n) is 14.3. The van der Waals surface area contributed by atoms with Crippen LogP contribution in [0.4, 0.5) is 11.4 Å². The molecule has 1 heterocycles. The van der Waals surface area contributed by atoms with Gasteiger partial charge in [0.1, 0.15) is 0 Å². The maximum atomic E-state index is 12.2. The average molecular weight is 335 g/mol. The Bertz CT molecular complexity index is 959. The van der Waals surface area contributed by atoms with Crippen molar-refractivity contribution in [2.24, 2.45) is 0 Å². The Balaban J connectivity index is 1.77. The molecule has 3 rings (SSSR count). The molecule has 25 heavy (non-hydrogen) atoms. The zero-order chi connectivity index (χ0) is 17.8. The topological polar surface area (TPSA) is 74.0 Å². The molecule has 128 valence electrons. The van der Waals surface area contributed by atoms with Crippen molar-refractivity contribution >= 4 is 28.2 Å². The number of anilines is 2. The normalized spacial score (nSPS) is 10.6. The largest absolute Gasteiger partial charge is 0.381 e. The van der Waals surface area contributed by atoms with E-state index in [0.29, 0.717) is 12.1 Å². The van der Waals surface area contributed by atoms with Gasteiger partial charge in [-0.1, -0.05) is 13.0 Å². The van der Waals surface area contributed by atoms with E-state index in [0.717, 1.165) is 28.7 Å². The van der Waals surface area contributed by atoms with Crippen molar-refractivity contribution in [2.75, 3.05) is 10.6 Å². The molecule has 5 heteroatoms. The fourth-order valence-corrected chi connectivity index (χ4v) is 2.72. The molecule has 0 spiro atoms. The van der Waals surface area contributed by atoms with Crippen molar-refractivity contribution < 1.29 is 4.79 Å². The summed E-state index contributed by atoms with van der Waals surface area (Å²) in [7, 11) is 0. The van der Waals surface area contributed by atoms with Crippen molar-refractivity contribution in [2.45, 2.75) is 26.8 Å². The predicted octanol–water partition coefficient (Wildman–Crippen LogP) is 3.66. The minimum absolute atomic E-state index is 0.0842. The van der Waals surface area contributed by atoms with Crippen LogP contribution in [0.25, 0.3) is 10.9 Å². The molecule has 0 radical (unpaired) electrons. The van der Waals surface area contributed by atoms with Gasteiger partial charge in [-0.15, -0.1) is 0 Å². The number of rotatable bonds is 5. The van der Waals surface area contributed by atoms with Gasteiger partial charge in [0, 0.05) is 35.9 Å². The first-order valence-electron chi connectivity index (χ1n) is 8.31. The monoisotopic (exact) mass is 335 g/mol. The smallest absolute Gasteiger partial charge is 0.253 e. The van der Waals surface area contributed by atoms with Crippen LogP contribution >= 0.6 is 0 Å². The van der Waals surface area contributed by atoms with E-state index in [1.54, 1.807) is 0 Å². The summed E-state index contributed by atoms with van der Waals surface area (Å²) >= 11 is 0. The van der Waals surface area contributed by atoms with Crippen LogP contribution in [0.5, 0.6) is 0 Å². The van der Waals surface area contributed by atoms with E-state index in [9.17, 15) is 9.59 Å². The number of aryl methyl sites for hydroxylation is 1. The van der Waals surface area contributed by atoms with Crippen molar-refractivity contribution in [1.29, 1.82) is 0 Å². The highest BCUT2D eigenvalue weighted by Crippen LogP contribution is 2.16. The lowest BCUT2D eigenvalue weighted by molar-refractivity contribution is -0.114. The standard InChI is InChI=1S/C20H21N3O2/c1-3-14-4-9-19-15(10-14)11-16(20(25)23-19)12-21-17-5-7-18(8-6-17)22-13(2)24/h4-11,21H,3,12H2,1-2H3,(H,22,24)(H,23,25). The van der Waals surface area contributed by atoms with E-state index in [1.807, 2.05) is 42.5 Å². The molecule has 1 aromatic heterocycles. The fraction of sp³-hybridized carbons (Fsp3) is 0.200. The average Bonchev–Trinajstić information content (AvgIpc) is 2.60. The maximum Gasteiger partial charge on any atom is 0.253 e. The number of H-pyrrole nitrogens is 1. The third-order valence-electron chi connectivity index (χ3n) is 4.08. The molecule has 2 aromatic carbocycles. The Kier molecular flexibility index (Phi) is 4.84. The third kappa shape index (κ3) is 4.07. The number of hydrogen-bond donors (Lipinski definition) is 3. The van der Waals surface area contributed by atoms with E-state index in [2.05, 4.69) is 28.6 Å². The zero-order valence-corrected chi connectivity index (χ0v) is 14.3. The Morgan fingerprint density at radius 1 is 1.04 bits per heavy atom. The third-order valence-corrected chi connectivity index (χ3v) is 4.08. The number of nitrogens with one attached hydrogen (secondary N) is 3. The quantitative estimate of drug-likeness (QED) is 0.666. The van der Waals surface area contributed by atoms with Gasteiger partial charge in [0.25, 0.3) is 5.56 Å².